The van der Waals surface area contributed by atoms with E-state index < -0.39 is 12.2 Å². The molecule has 1 N–H and O–H groups in total. The van der Waals surface area contributed by atoms with Crippen molar-refractivity contribution in [2.75, 3.05) is 18.4 Å². The van der Waals surface area contributed by atoms with Crippen molar-refractivity contribution in [1.82, 2.24) is 19.7 Å². The average Bonchev–Trinajstić information content (AvgIpc) is 3.36. The van der Waals surface area contributed by atoms with Crippen LogP contribution in [-0.4, -0.2) is 50.9 Å². The number of fused-ring (bicyclic) bond motifs is 1. The number of likely N-dealkylation sites (tertiary alicyclic amines) is 1. The van der Waals surface area contributed by atoms with E-state index in [0.29, 0.717) is 25.4 Å². The number of halogens is 3. The van der Waals surface area contributed by atoms with E-state index in [2.05, 4.69) is 15.4 Å². The fourth-order valence-corrected chi connectivity index (χ4v) is 5.07. The van der Waals surface area contributed by atoms with E-state index >= 15 is 0 Å². The second kappa shape index (κ2) is 7.91. The van der Waals surface area contributed by atoms with Crippen molar-refractivity contribution in [3.8, 4) is 0 Å². The Balaban J connectivity index is 1.30. The molecule has 1 aromatic rings. The Morgan fingerprint density at radius 1 is 1.18 bits per heavy atom. The van der Waals surface area contributed by atoms with Gasteiger partial charge in [0.05, 0.1) is 0 Å². The van der Waals surface area contributed by atoms with Gasteiger partial charge in [0, 0.05) is 25.6 Å². The number of aromatic nitrogens is 3. The van der Waals surface area contributed by atoms with Crippen LogP contribution in [0.15, 0.2) is 6.33 Å². The summed E-state index contributed by atoms with van der Waals surface area (Å²) in [6, 6.07) is -1.93. The number of amides is 1. The predicted octanol–water partition coefficient (Wildman–Crippen LogP) is 3.77. The van der Waals surface area contributed by atoms with Gasteiger partial charge in [0.15, 0.2) is 6.04 Å². The lowest BCUT2D eigenvalue weighted by atomic mass is 9.85. The predicted molar refractivity (Wildman–Crippen MR) is 97.6 cm³/mol. The molecule has 0 aromatic carbocycles. The molecule has 1 aliphatic carbocycles. The van der Waals surface area contributed by atoms with Crippen molar-refractivity contribution in [1.29, 1.82) is 0 Å². The molecule has 6 nitrogen and oxygen atoms in total. The van der Waals surface area contributed by atoms with Gasteiger partial charge in [-0.3, -0.25) is 4.79 Å². The molecule has 1 saturated heterocycles. The summed E-state index contributed by atoms with van der Waals surface area (Å²) in [5.41, 5.74) is 0. The molecule has 4 rings (SSSR count). The summed E-state index contributed by atoms with van der Waals surface area (Å²) >= 11 is 0. The van der Waals surface area contributed by atoms with E-state index in [1.54, 1.807) is 0 Å². The molecule has 2 aliphatic heterocycles. The Hall–Kier alpha value is -1.80. The Bertz CT molecular complexity index is 677. The molecule has 2 fully saturated rings. The van der Waals surface area contributed by atoms with Crippen LogP contribution in [0.25, 0.3) is 0 Å². The maximum atomic E-state index is 13.4. The van der Waals surface area contributed by atoms with Crippen molar-refractivity contribution in [2.24, 2.45) is 11.8 Å². The zero-order valence-corrected chi connectivity index (χ0v) is 16.0. The number of hydrogen-bond acceptors (Lipinski definition) is 4. The first-order chi connectivity index (χ1) is 13.4. The minimum Gasteiger partial charge on any atom is -0.351 e. The summed E-state index contributed by atoms with van der Waals surface area (Å²) in [5.74, 6) is 1.20. The third kappa shape index (κ3) is 4.12. The molecular weight excluding hydrogens is 371 g/mol. The minimum absolute atomic E-state index is 0.0415. The molecule has 1 saturated carbocycles. The molecule has 0 radical (unpaired) electrons. The number of anilines is 1. The van der Waals surface area contributed by atoms with Gasteiger partial charge >= 0.3 is 6.18 Å². The number of piperidine rings is 1. The third-order valence-electron chi connectivity index (χ3n) is 6.74. The van der Waals surface area contributed by atoms with Crippen LogP contribution in [0.1, 0.15) is 63.8 Å². The number of hydrogen-bond donors (Lipinski definition) is 1. The van der Waals surface area contributed by atoms with E-state index in [4.69, 9.17) is 0 Å². The standard InChI is InChI=1S/C19H28F3N5O/c20-19(21,22)16-11-15(25-18-23-12-24-27(16)18)14-7-9-26(10-8-14)17(28)6-5-13-3-1-2-4-13/h12-16H,1-11H2,(H,23,24,25)/t15-,16+/m0/s1. The number of carbonyl (C=O) groups excluding carboxylic acids is 1. The number of alkyl halides is 3. The van der Waals surface area contributed by atoms with E-state index in [-0.39, 0.29) is 30.2 Å². The van der Waals surface area contributed by atoms with E-state index in [0.717, 1.165) is 30.3 Å². The molecule has 3 heterocycles. The lowest BCUT2D eigenvalue weighted by Crippen LogP contribution is -2.47. The SMILES string of the molecule is O=C(CCC1CCCC1)N1CCC([C@@H]2C[C@H](C(F)(F)F)n3ncnc3N2)CC1. The van der Waals surface area contributed by atoms with Gasteiger partial charge in [-0.15, -0.1) is 0 Å². The van der Waals surface area contributed by atoms with Crippen LogP contribution in [0.2, 0.25) is 0 Å². The molecule has 2 atom stereocenters. The molecule has 156 valence electrons. The van der Waals surface area contributed by atoms with E-state index in [9.17, 15) is 18.0 Å². The fourth-order valence-electron chi connectivity index (χ4n) is 5.07. The van der Waals surface area contributed by atoms with E-state index in [1.807, 2.05) is 4.90 Å². The molecule has 0 spiro atoms. The van der Waals surface area contributed by atoms with E-state index in [1.165, 1.54) is 25.7 Å². The Morgan fingerprint density at radius 3 is 2.57 bits per heavy atom. The molecule has 1 amide bonds. The van der Waals surface area contributed by atoms with Gasteiger partial charge in [-0.1, -0.05) is 25.7 Å². The highest BCUT2D eigenvalue weighted by Gasteiger charge is 2.48. The lowest BCUT2D eigenvalue weighted by molar-refractivity contribution is -0.174. The van der Waals surface area contributed by atoms with Crippen LogP contribution in [0, 0.1) is 11.8 Å². The second-order valence-electron chi connectivity index (χ2n) is 8.48. The van der Waals surface area contributed by atoms with Gasteiger partial charge in [-0.25, -0.2) is 4.68 Å². The third-order valence-corrected chi connectivity index (χ3v) is 6.74. The summed E-state index contributed by atoms with van der Waals surface area (Å²) in [5, 5.41) is 6.88. The smallest absolute Gasteiger partial charge is 0.351 e. The molecule has 28 heavy (non-hydrogen) atoms. The van der Waals surface area contributed by atoms with Gasteiger partial charge in [0.1, 0.15) is 6.33 Å². The zero-order chi connectivity index (χ0) is 19.7. The zero-order valence-electron chi connectivity index (χ0n) is 16.0. The van der Waals surface area contributed by atoms with Crippen LogP contribution in [0.4, 0.5) is 19.1 Å². The van der Waals surface area contributed by atoms with Gasteiger partial charge in [0.25, 0.3) is 0 Å². The second-order valence-corrected chi connectivity index (χ2v) is 8.48. The van der Waals surface area contributed by atoms with Gasteiger partial charge in [-0.05, 0) is 37.5 Å². The summed E-state index contributed by atoms with van der Waals surface area (Å²) in [4.78, 5) is 18.3. The number of nitrogens with one attached hydrogen (secondary N) is 1. The van der Waals surface area contributed by atoms with Crippen LogP contribution in [0.5, 0.6) is 0 Å². The molecular formula is C19H28F3N5O. The summed E-state index contributed by atoms with van der Waals surface area (Å²) in [7, 11) is 0. The topological polar surface area (TPSA) is 63.1 Å². The van der Waals surface area contributed by atoms with Crippen molar-refractivity contribution in [3.63, 3.8) is 0 Å². The average molecular weight is 399 g/mol. The highest BCUT2D eigenvalue weighted by atomic mass is 19.4. The normalized spacial score (nSPS) is 26.9. The van der Waals surface area contributed by atoms with Crippen molar-refractivity contribution in [2.45, 2.75) is 76.0 Å². The lowest BCUT2D eigenvalue weighted by Gasteiger charge is -2.40. The molecule has 3 aliphatic rings. The summed E-state index contributed by atoms with van der Waals surface area (Å²) < 4.78 is 41.3. The number of nitrogens with zero attached hydrogens (tertiary/aromatic N) is 4. The van der Waals surface area contributed by atoms with Crippen molar-refractivity contribution < 1.29 is 18.0 Å². The maximum absolute atomic E-state index is 13.4. The monoisotopic (exact) mass is 399 g/mol. The molecule has 1 aromatic heterocycles. The van der Waals surface area contributed by atoms with Crippen LogP contribution in [0.3, 0.4) is 0 Å². The molecule has 0 bridgehead atoms. The largest absolute Gasteiger partial charge is 0.411 e. The Morgan fingerprint density at radius 2 is 1.89 bits per heavy atom. The van der Waals surface area contributed by atoms with Gasteiger partial charge < -0.3 is 10.2 Å². The van der Waals surface area contributed by atoms with Crippen molar-refractivity contribution >= 4 is 11.9 Å². The number of rotatable bonds is 4. The first-order valence-electron chi connectivity index (χ1n) is 10.4. The highest BCUT2D eigenvalue weighted by molar-refractivity contribution is 5.76. The quantitative estimate of drug-likeness (QED) is 0.837. The van der Waals surface area contributed by atoms with Crippen molar-refractivity contribution in [3.05, 3.63) is 6.33 Å². The number of carbonyl (C=O) groups is 1. The first kappa shape index (κ1) is 19.5. The molecule has 0 unspecified atom stereocenters. The molecule has 9 heteroatoms. The Labute approximate surface area is 162 Å². The summed E-state index contributed by atoms with van der Waals surface area (Å²) in [6.45, 7) is 1.27. The van der Waals surface area contributed by atoms with Crippen LogP contribution >= 0.6 is 0 Å². The minimum atomic E-state index is -4.35. The summed E-state index contributed by atoms with van der Waals surface area (Å²) in [6.07, 6.45) is 4.87. The van der Waals surface area contributed by atoms with Gasteiger partial charge in [-0.2, -0.15) is 23.3 Å². The Kier molecular flexibility index (Phi) is 5.51. The van der Waals surface area contributed by atoms with Crippen LogP contribution < -0.4 is 5.32 Å². The van der Waals surface area contributed by atoms with Gasteiger partial charge in [0.2, 0.25) is 11.9 Å². The fraction of sp³-hybridized carbons (Fsp3) is 0.842. The first-order valence-corrected chi connectivity index (χ1v) is 10.4. The maximum Gasteiger partial charge on any atom is 0.411 e. The highest BCUT2D eigenvalue weighted by Crippen LogP contribution is 2.41. The van der Waals surface area contributed by atoms with Crippen LogP contribution in [-0.2, 0) is 4.79 Å².